The van der Waals surface area contributed by atoms with Crippen molar-refractivity contribution < 1.29 is 0 Å². The van der Waals surface area contributed by atoms with Crippen LogP contribution >= 0.6 is 0 Å². The summed E-state index contributed by atoms with van der Waals surface area (Å²) in [6.45, 7) is 11.8. The average Bonchev–Trinajstić information content (AvgIpc) is 2.65. The highest BCUT2D eigenvalue weighted by molar-refractivity contribution is 5.29. The van der Waals surface area contributed by atoms with Gasteiger partial charge < -0.3 is 0 Å². The normalized spacial score (nSPS) is 52.9. The van der Waals surface area contributed by atoms with Gasteiger partial charge in [-0.25, -0.2) is 0 Å². The predicted octanol–water partition coefficient (Wildman–Crippen LogP) is 4.27. The van der Waals surface area contributed by atoms with E-state index in [1.165, 1.54) is 25.7 Å². The van der Waals surface area contributed by atoms with Crippen molar-refractivity contribution in [3.8, 4) is 0 Å². The lowest BCUT2D eigenvalue weighted by molar-refractivity contribution is 0.0780. The first-order valence-electron chi connectivity index (χ1n) is 6.75. The van der Waals surface area contributed by atoms with E-state index in [0.29, 0.717) is 5.41 Å². The first-order chi connectivity index (χ1) is 7.05. The molecule has 0 N–H and O–H groups in total. The van der Waals surface area contributed by atoms with E-state index in [9.17, 15) is 0 Å². The van der Waals surface area contributed by atoms with Gasteiger partial charge in [0.2, 0.25) is 0 Å². The van der Waals surface area contributed by atoms with Gasteiger partial charge in [0.15, 0.2) is 0 Å². The molecule has 3 saturated carbocycles. The summed E-state index contributed by atoms with van der Waals surface area (Å²) in [5, 5.41) is 0. The molecule has 0 aliphatic heterocycles. The van der Waals surface area contributed by atoms with Crippen LogP contribution in [0.4, 0.5) is 0 Å². The summed E-state index contributed by atoms with van der Waals surface area (Å²) in [4.78, 5) is 0. The molecule has 3 rings (SSSR count). The molecular formula is C15H24. The van der Waals surface area contributed by atoms with Crippen LogP contribution in [0.1, 0.15) is 46.5 Å². The second kappa shape index (κ2) is 2.90. The Balaban J connectivity index is 2.00. The maximum absolute atomic E-state index is 4.45. The molecule has 0 saturated heterocycles. The van der Waals surface area contributed by atoms with E-state index in [2.05, 4.69) is 27.4 Å². The van der Waals surface area contributed by atoms with Gasteiger partial charge in [0.1, 0.15) is 0 Å². The zero-order chi connectivity index (χ0) is 10.8. The highest BCUT2D eigenvalue weighted by atomic mass is 14.7. The Morgan fingerprint density at radius 3 is 2.67 bits per heavy atom. The van der Waals surface area contributed by atoms with Crippen molar-refractivity contribution in [3.05, 3.63) is 12.2 Å². The number of allylic oxidation sites excluding steroid dienone is 1. The molecule has 0 aromatic heterocycles. The zero-order valence-electron chi connectivity index (χ0n) is 10.4. The van der Waals surface area contributed by atoms with Crippen molar-refractivity contribution in [3.63, 3.8) is 0 Å². The summed E-state index contributed by atoms with van der Waals surface area (Å²) < 4.78 is 0. The van der Waals surface area contributed by atoms with Gasteiger partial charge in [0, 0.05) is 0 Å². The second-order valence-corrected chi connectivity index (χ2v) is 6.76. The van der Waals surface area contributed by atoms with Gasteiger partial charge in [0.05, 0.1) is 0 Å². The Kier molecular flexibility index (Phi) is 1.92. The van der Waals surface area contributed by atoms with E-state index >= 15 is 0 Å². The van der Waals surface area contributed by atoms with Crippen molar-refractivity contribution >= 4 is 0 Å². The predicted molar refractivity (Wildman–Crippen MR) is 64.5 cm³/mol. The van der Waals surface area contributed by atoms with Crippen LogP contribution in [0, 0.1) is 35.0 Å². The topological polar surface area (TPSA) is 0 Å². The molecule has 15 heavy (non-hydrogen) atoms. The van der Waals surface area contributed by atoms with Crippen LogP contribution < -0.4 is 0 Å². The van der Waals surface area contributed by atoms with E-state index in [1.54, 1.807) is 5.57 Å². The molecule has 84 valence electrons. The van der Waals surface area contributed by atoms with Gasteiger partial charge in [0.25, 0.3) is 0 Å². The first-order valence-corrected chi connectivity index (χ1v) is 6.75. The standard InChI is InChI=1S/C15H24/c1-9(2)11-7-8-15(4)10(3)12-5-6-13(15)14(11)12/h9,11-14H,3,5-8H2,1-2,4H3/t11-,12+,13+,14-,15+/m1/s1. The summed E-state index contributed by atoms with van der Waals surface area (Å²) in [6, 6.07) is 0. The molecule has 0 aromatic rings. The molecule has 0 unspecified atom stereocenters. The molecule has 5 atom stereocenters. The average molecular weight is 204 g/mol. The minimum atomic E-state index is 0.541. The molecule has 0 nitrogen and oxygen atoms in total. The van der Waals surface area contributed by atoms with Gasteiger partial charge in [-0.2, -0.15) is 0 Å². The molecule has 0 amide bonds. The molecule has 0 heterocycles. The lowest BCUT2D eigenvalue weighted by Gasteiger charge is -2.43. The third kappa shape index (κ3) is 1.04. The van der Waals surface area contributed by atoms with Crippen molar-refractivity contribution in [2.45, 2.75) is 46.5 Å². The lowest BCUT2D eigenvalue weighted by atomic mass is 9.62. The van der Waals surface area contributed by atoms with Crippen LogP contribution in [0.2, 0.25) is 0 Å². The van der Waals surface area contributed by atoms with Crippen LogP contribution in [0.3, 0.4) is 0 Å². The van der Waals surface area contributed by atoms with E-state index in [1.807, 2.05) is 0 Å². The maximum Gasteiger partial charge on any atom is -0.00849 e. The molecule has 0 heteroatoms. The number of rotatable bonds is 1. The summed E-state index contributed by atoms with van der Waals surface area (Å²) in [6.07, 6.45) is 5.83. The third-order valence-corrected chi connectivity index (χ3v) is 6.07. The lowest BCUT2D eigenvalue weighted by Crippen LogP contribution is -2.35. The van der Waals surface area contributed by atoms with Gasteiger partial charge in [-0.15, -0.1) is 0 Å². The highest BCUT2D eigenvalue weighted by Gasteiger charge is 2.61. The molecule has 3 aliphatic rings. The van der Waals surface area contributed by atoms with Crippen molar-refractivity contribution in [1.29, 1.82) is 0 Å². The van der Waals surface area contributed by atoms with Crippen LogP contribution in [0.15, 0.2) is 12.2 Å². The Morgan fingerprint density at radius 1 is 1.27 bits per heavy atom. The third-order valence-electron chi connectivity index (χ3n) is 6.07. The summed E-state index contributed by atoms with van der Waals surface area (Å²) in [5.41, 5.74) is 2.17. The van der Waals surface area contributed by atoms with Crippen LogP contribution in [-0.2, 0) is 0 Å². The van der Waals surface area contributed by atoms with Crippen molar-refractivity contribution in [2.75, 3.05) is 0 Å². The van der Waals surface area contributed by atoms with E-state index in [0.717, 1.165) is 29.6 Å². The minimum Gasteiger partial charge on any atom is -0.0990 e. The Labute approximate surface area is 94.1 Å². The Hall–Kier alpha value is -0.260. The molecule has 4 bridgehead atoms. The van der Waals surface area contributed by atoms with E-state index in [4.69, 9.17) is 0 Å². The SMILES string of the molecule is C=C1[C@@H]2CC[C@H]3[C@@H]2[C@@H](C(C)C)CC[C@@]13C. The van der Waals surface area contributed by atoms with Crippen molar-refractivity contribution in [2.24, 2.45) is 35.0 Å². The molecule has 0 aromatic carbocycles. The Bertz CT molecular complexity index is 301. The summed E-state index contributed by atoms with van der Waals surface area (Å²) in [5.74, 6) is 4.78. The highest BCUT2D eigenvalue weighted by Crippen LogP contribution is 2.69. The molecule has 3 aliphatic carbocycles. The van der Waals surface area contributed by atoms with E-state index < -0.39 is 0 Å². The number of hydrogen-bond donors (Lipinski definition) is 0. The fraction of sp³-hybridized carbons (Fsp3) is 0.867. The first kappa shape index (κ1) is 9.93. The zero-order valence-corrected chi connectivity index (χ0v) is 10.4. The van der Waals surface area contributed by atoms with Crippen molar-refractivity contribution in [1.82, 2.24) is 0 Å². The second-order valence-electron chi connectivity index (χ2n) is 6.76. The van der Waals surface area contributed by atoms with E-state index in [-0.39, 0.29) is 0 Å². The largest absolute Gasteiger partial charge is 0.0990 e. The molecule has 3 fully saturated rings. The summed E-state index contributed by atoms with van der Waals surface area (Å²) >= 11 is 0. The van der Waals surface area contributed by atoms with Gasteiger partial charge in [-0.05, 0) is 60.7 Å². The van der Waals surface area contributed by atoms with Gasteiger partial charge >= 0.3 is 0 Å². The fourth-order valence-corrected chi connectivity index (χ4v) is 5.22. The molecule has 0 radical (unpaired) electrons. The summed E-state index contributed by atoms with van der Waals surface area (Å²) in [7, 11) is 0. The quantitative estimate of drug-likeness (QED) is 0.559. The maximum atomic E-state index is 4.45. The molecule has 0 spiro atoms. The Morgan fingerprint density at radius 2 is 2.00 bits per heavy atom. The fourth-order valence-electron chi connectivity index (χ4n) is 5.22. The number of hydrogen-bond acceptors (Lipinski definition) is 0. The van der Waals surface area contributed by atoms with Gasteiger partial charge in [-0.3, -0.25) is 0 Å². The minimum absolute atomic E-state index is 0.541. The van der Waals surface area contributed by atoms with Crippen LogP contribution in [-0.4, -0.2) is 0 Å². The smallest absolute Gasteiger partial charge is 0.00849 e. The molecular weight excluding hydrogens is 180 g/mol. The van der Waals surface area contributed by atoms with Crippen LogP contribution in [0.25, 0.3) is 0 Å². The van der Waals surface area contributed by atoms with Gasteiger partial charge in [-0.1, -0.05) is 32.9 Å². The van der Waals surface area contributed by atoms with Crippen LogP contribution in [0.5, 0.6) is 0 Å². The monoisotopic (exact) mass is 204 g/mol.